The van der Waals surface area contributed by atoms with Gasteiger partial charge < -0.3 is 25.0 Å². The normalized spacial score (nSPS) is 18.9. The zero-order valence-electron chi connectivity index (χ0n) is 20.0. The Morgan fingerprint density at radius 2 is 1.74 bits per heavy atom. The van der Waals surface area contributed by atoms with Crippen LogP contribution in [0.3, 0.4) is 0 Å². The molecule has 0 radical (unpaired) electrons. The molecule has 4 rings (SSSR count). The van der Waals surface area contributed by atoms with E-state index < -0.39 is 12.0 Å². The van der Waals surface area contributed by atoms with Gasteiger partial charge in [-0.05, 0) is 29.7 Å². The third-order valence-electron chi connectivity index (χ3n) is 6.46. The van der Waals surface area contributed by atoms with Gasteiger partial charge >= 0.3 is 12.0 Å². The summed E-state index contributed by atoms with van der Waals surface area (Å²) >= 11 is 0. The highest BCUT2D eigenvalue weighted by Crippen LogP contribution is 2.30. The molecule has 2 aromatic rings. The molecule has 0 saturated carbocycles. The second-order valence-electron chi connectivity index (χ2n) is 8.45. The van der Waals surface area contributed by atoms with Gasteiger partial charge in [-0.1, -0.05) is 43.3 Å². The number of amides is 2. The summed E-state index contributed by atoms with van der Waals surface area (Å²) in [4.78, 5) is 29.9. The summed E-state index contributed by atoms with van der Waals surface area (Å²) in [7, 11) is 3.05. The first-order valence-electron chi connectivity index (χ1n) is 11.6. The third-order valence-corrected chi connectivity index (χ3v) is 6.46. The predicted molar refractivity (Wildman–Crippen MR) is 131 cm³/mol. The highest BCUT2D eigenvalue weighted by Gasteiger charge is 2.34. The molecule has 0 bridgehead atoms. The minimum Gasteiger partial charge on any atom is -0.495 e. The molecule has 0 aromatic heterocycles. The number of carbonyl (C=O) groups excluding carboxylic acids is 2. The average molecular weight is 465 g/mol. The summed E-state index contributed by atoms with van der Waals surface area (Å²) in [6.45, 7) is 5.75. The number of methoxy groups -OCH3 is 2. The maximum Gasteiger partial charge on any atom is 0.338 e. The van der Waals surface area contributed by atoms with E-state index in [1.54, 1.807) is 7.11 Å². The van der Waals surface area contributed by atoms with Gasteiger partial charge in [0.15, 0.2) is 0 Å². The largest absolute Gasteiger partial charge is 0.495 e. The van der Waals surface area contributed by atoms with Crippen LogP contribution >= 0.6 is 0 Å². The molecule has 2 heterocycles. The maximum atomic E-state index is 12.8. The van der Waals surface area contributed by atoms with Gasteiger partial charge in [-0.25, -0.2) is 9.59 Å². The molecule has 1 saturated heterocycles. The minimum atomic E-state index is -0.558. The second kappa shape index (κ2) is 10.6. The number of benzene rings is 2. The number of hydrogen-bond donors (Lipinski definition) is 2. The van der Waals surface area contributed by atoms with Crippen molar-refractivity contribution in [2.75, 3.05) is 51.8 Å². The minimum absolute atomic E-state index is 0.320. The third kappa shape index (κ3) is 5.02. The molecule has 2 N–H and O–H groups in total. The van der Waals surface area contributed by atoms with Gasteiger partial charge in [0.2, 0.25) is 0 Å². The number of rotatable bonds is 7. The lowest BCUT2D eigenvalue weighted by molar-refractivity contribution is -0.136. The Morgan fingerprint density at radius 3 is 2.38 bits per heavy atom. The standard InChI is InChI=1S/C26H32N4O4/c1-4-18-9-11-19(12-10-18)24-23(25(31)34-3)20(27-26(32)28-24)17-29-13-15-30(16-14-29)21-7-5-6-8-22(21)33-2/h5-12,24H,4,13-17H2,1-3H3,(H2,27,28,32)/t24-/m1/s1. The van der Waals surface area contributed by atoms with Gasteiger partial charge in [0.05, 0.1) is 31.5 Å². The number of para-hydroxylation sites is 2. The zero-order valence-corrected chi connectivity index (χ0v) is 20.0. The van der Waals surface area contributed by atoms with Gasteiger partial charge in [0.1, 0.15) is 5.75 Å². The lowest BCUT2D eigenvalue weighted by Crippen LogP contribution is -2.51. The van der Waals surface area contributed by atoms with Gasteiger partial charge in [-0.3, -0.25) is 4.90 Å². The van der Waals surface area contributed by atoms with E-state index in [1.165, 1.54) is 12.7 Å². The van der Waals surface area contributed by atoms with Crippen molar-refractivity contribution >= 4 is 17.7 Å². The number of carbonyl (C=O) groups is 2. The number of ether oxygens (including phenoxy) is 2. The smallest absolute Gasteiger partial charge is 0.338 e. The average Bonchev–Trinajstić information content (AvgIpc) is 2.88. The first-order chi connectivity index (χ1) is 16.5. The van der Waals surface area contributed by atoms with Crippen LogP contribution in [0.1, 0.15) is 24.1 Å². The van der Waals surface area contributed by atoms with E-state index in [0.29, 0.717) is 17.8 Å². The molecule has 2 aliphatic rings. The van der Waals surface area contributed by atoms with Crippen molar-refractivity contribution in [3.05, 3.63) is 70.9 Å². The molecule has 1 fully saturated rings. The van der Waals surface area contributed by atoms with Gasteiger partial charge in [-0.2, -0.15) is 0 Å². The van der Waals surface area contributed by atoms with E-state index in [2.05, 4.69) is 33.4 Å². The highest BCUT2D eigenvalue weighted by molar-refractivity contribution is 5.95. The molecule has 8 nitrogen and oxygen atoms in total. The van der Waals surface area contributed by atoms with Crippen molar-refractivity contribution in [2.45, 2.75) is 19.4 Å². The molecular formula is C26H32N4O4. The fourth-order valence-electron chi connectivity index (χ4n) is 4.55. The van der Waals surface area contributed by atoms with Crippen LogP contribution in [-0.4, -0.2) is 63.8 Å². The number of esters is 1. The first-order valence-corrected chi connectivity index (χ1v) is 11.6. The molecule has 0 unspecified atom stereocenters. The number of piperazine rings is 1. The molecule has 0 aliphatic carbocycles. The molecule has 34 heavy (non-hydrogen) atoms. The summed E-state index contributed by atoms with van der Waals surface area (Å²) in [5, 5.41) is 5.76. The van der Waals surface area contributed by atoms with Crippen LogP contribution in [-0.2, 0) is 16.0 Å². The molecule has 8 heteroatoms. The van der Waals surface area contributed by atoms with Crippen molar-refractivity contribution in [1.29, 1.82) is 0 Å². The number of aryl methyl sites for hydroxylation is 1. The highest BCUT2D eigenvalue weighted by atomic mass is 16.5. The Morgan fingerprint density at radius 1 is 1.03 bits per heavy atom. The Kier molecular flexibility index (Phi) is 7.37. The molecule has 2 aliphatic heterocycles. The summed E-state index contributed by atoms with van der Waals surface area (Å²) in [6.07, 6.45) is 0.921. The molecule has 2 amide bonds. The van der Waals surface area contributed by atoms with Crippen LogP contribution in [0.5, 0.6) is 5.75 Å². The van der Waals surface area contributed by atoms with Crippen LogP contribution in [0, 0.1) is 0 Å². The van der Waals surface area contributed by atoms with Crippen LogP contribution in [0.2, 0.25) is 0 Å². The number of nitrogens with one attached hydrogen (secondary N) is 2. The number of hydrogen-bond acceptors (Lipinski definition) is 6. The second-order valence-corrected chi connectivity index (χ2v) is 8.45. The van der Waals surface area contributed by atoms with Crippen molar-refractivity contribution < 1.29 is 19.1 Å². The van der Waals surface area contributed by atoms with E-state index in [9.17, 15) is 9.59 Å². The lowest BCUT2D eigenvalue weighted by Gasteiger charge is -2.38. The van der Waals surface area contributed by atoms with Crippen molar-refractivity contribution in [1.82, 2.24) is 15.5 Å². The van der Waals surface area contributed by atoms with E-state index in [1.807, 2.05) is 42.5 Å². The number of anilines is 1. The summed E-state index contributed by atoms with van der Waals surface area (Å²) in [6, 6.07) is 15.1. The molecule has 0 spiro atoms. The van der Waals surface area contributed by atoms with Gasteiger partial charge in [0, 0.05) is 38.4 Å². The van der Waals surface area contributed by atoms with Crippen LogP contribution in [0.25, 0.3) is 0 Å². The van der Waals surface area contributed by atoms with Gasteiger partial charge in [0.25, 0.3) is 0 Å². The monoisotopic (exact) mass is 464 g/mol. The lowest BCUT2D eigenvalue weighted by atomic mass is 9.94. The Balaban J connectivity index is 1.54. The summed E-state index contributed by atoms with van der Waals surface area (Å²) in [5.74, 6) is 0.411. The van der Waals surface area contributed by atoms with Crippen molar-refractivity contribution in [3.8, 4) is 5.75 Å². The maximum absolute atomic E-state index is 12.8. The topological polar surface area (TPSA) is 83.1 Å². The quantitative estimate of drug-likeness (QED) is 0.614. The number of urea groups is 1. The Labute approximate surface area is 200 Å². The van der Waals surface area contributed by atoms with E-state index >= 15 is 0 Å². The van der Waals surface area contributed by atoms with Gasteiger partial charge in [-0.15, -0.1) is 0 Å². The summed E-state index contributed by atoms with van der Waals surface area (Å²) in [5.41, 5.74) is 4.15. The van der Waals surface area contributed by atoms with E-state index in [0.717, 1.165) is 49.6 Å². The fourth-order valence-corrected chi connectivity index (χ4v) is 4.55. The van der Waals surface area contributed by atoms with Crippen molar-refractivity contribution in [2.24, 2.45) is 0 Å². The molecule has 180 valence electrons. The molecule has 1 atom stereocenters. The SMILES string of the molecule is CCc1ccc([C@H]2NC(=O)NC(CN3CCN(c4ccccc4OC)CC3)=C2C(=O)OC)cc1. The van der Waals surface area contributed by atoms with Crippen LogP contribution < -0.4 is 20.3 Å². The van der Waals surface area contributed by atoms with E-state index in [-0.39, 0.29) is 6.03 Å². The molecular weight excluding hydrogens is 432 g/mol. The van der Waals surface area contributed by atoms with Crippen molar-refractivity contribution in [3.63, 3.8) is 0 Å². The fraction of sp³-hybridized carbons (Fsp3) is 0.385. The first kappa shape index (κ1) is 23.6. The summed E-state index contributed by atoms with van der Waals surface area (Å²) < 4.78 is 10.6. The van der Waals surface area contributed by atoms with Crippen LogP contribution in [0.4, 0.5) is 10.5 Å². The number of nitrogens with zero attached hydrogens (tertiary/aromatic N) is 2. The predicted octanol–water partition coefficient (Wildman–Crippen LogP) is 2.86. The van der Waals surface area contributed by atoms with Crippen LogP contribution in [0.15, 0.2) is 59.8 Å². The Bertz CT molecular complexity index is 1060. The van der Waals surface area contributed by atoms with E-state index in [4.69, 9.17) is 9.47 Å². The molecule has 2 aromatic carbocycles. The Hall–Kier alpha value is -3.52. The zero-order chi connectivity index (χ0) is 24.1.